The number of hydrogen-bond acceptors (Lipinski definition) is 4. The summed E-state index contributed by atoms with van der Waals surface area (Å²) in [5.41, 5.74) is 1.72. The van der Waals surface area contributed by atoms with Crippen LogP contribution in [0.2, 0.25) is 0 Å². The topological polar surface area (TPSA) is 50.8 Å². The smallest absolute Gasteiger partial charge is 0.138 e. The number of benzene rings is 1. The number of ether oxygens (including phenoxy) is 1. The van der Waals surface area contributed by atoms with Gasteiger partial charge in [-0.25, -0.2) is 0 Å². The molecule has 1 N–H and O–H groups in total. The summed E-state index contributed by atoms with van der Waals surface area (Å²) in [4.78, 5) is 4.20. The molecule has 2 aromatic heterocycles. The molecule has 3 rings (SSSR count). The Morgan fingerprint density at radius 3 is 2.80 bits per heavy atom. The molecule has 0 bridgehead atoms. The lowest BCUT2D eigenvalue weighted by atomic mass is 10.1. The summed E-state index contributed by atoms with van der Waals surface area (Å²) in [6.45, 7) is 2.55. The Balaban J connectivity index is 2.22. The number of rotatable bonds is 3. The van der Waals surface area contributed by atoms with Crippen LogP contribution in [0.5, 0.6) is 5.75 Å². The lowest BCUT2D eigenvalue weighted by Gasteiger charge is -2.07. The van der Waals surface area contributed by atoms with E-state index in [9.17, 15) is 0 Å². The van der Waals surface area contributed by atoms with Crippen LogP contribution in [0.15, 0.2) is 42.7 Å². The van der Waals surface area contributed by atoms with Crippen molar-refractivity contribution in [1.29, 1.82) is 0 Å². The number of nitrogens with zero attached hydrogens (tertiary/aromatic N) is 2. The lowest BCUT2D eigenvalue weighted by Crippen LogP contribution is -1.95. The van der Waals surface area contributed by atoms with Gasteiger partial charge in [0.05, 0.1) is 12.8 Å². The van der Waals surface area contributed by atoms with Gasteiger partial charge in [-0.1, -0.05) is 36.5 Å². The monoisotopic (exact) mass is 283 g/mol. The first-order valence-electron chi connectivity index (χ1n) is 6.35. The second kappa shape index (κ2) is 5.38. The molecule has 0 saturated heterocycles. The predicted octanol–water partition coefficient (Wildman–Crippen LogP) is 3.75. The van der Waals surface area contributed by atoms with Crippen molar-refractivity contribution in [3.8, 4) is 17.0 Å². The molecule has 0 aliphatic carbocycles. The van der Waals surface area contributed by atoms with Crippen molar-refractivity contribution in [2.24, 2.45) is 0 Å². The van der Waals surface area contributed by atoms with E-state index in [1.165, 1.54) is 0 Å². The number of aromatic amines is 1. The minimum absolute atomic E-state index is 0.608. The first-order valence-corrected chi connectivity index (χ1v) is 6.76. The second-order valence-corrected chi connectivity index (χ2v) is 4.70. The largest absolute Gasteiger partial charge is 0.492 e. The number of fused-ring (bicyclic) bond motifs is 1. The van der Waals surface area contributed by atoms with Crippen molar-refractivity contribution in [2.45, 2.75) is 6.92 Å². The van der Waals surface area contributed by atoms with Gasteiger partial charge >= 0.3 is 0 Å². The van der Waals surface area contributed by atoms with E-state index in [0.29, 0.717) is 11.2 Å². The van der Waals surface area contributed by atoms with Gasteiger partial charge in [0.1, 0.15) is 16.1 Å². The van der Waals surface area contributed by atoms with Crippen LogP contribution in [0.1, 0.15) is 6.92 Å². The van der Waals surface area contributed by atoms with E-state index in [1.807, 2.05) is 37.3 Å². The number of nitrogens with one attached hydrogen (secondary N) is 1. The van der Waals surface area contributed by atoms with E-state index in [-0.39, 0.29) is 0 Å². The van der Waals surface area contributed by atoms with Crippen molar-refractivity contribution >= 4 is 23.0 Å². The molecule has 1 aromatic carbocycles. The summed E-state index contributed by atoms with van der Waals surface area (Å²) in [5, 5.41) is 9.23. The highest BCUT2D eigenvalue weighted by molar-refractivity contribution is 7.71. The summed E-state index contributed by atoms with van der Waals surface area (Å²) in [6, 6.07) is 9.86. The zero-order chi connectivity index (χ0) is 13.9. The first kappa shape index (κ1) is 12.7. The van der Waals surface area contributed by atoms with Crippen molar-refractivity contribution in [1.82, 2.24) is 15.2 Å². The van der Waals surface area contributed by atoms with Crippen molar-refractivity contribution in [2.75, 3.05) is 6.61 Å². The number of pyridine rings is 1. The Bertz CT molecular complexity index is 813. The summed E-state index contributed by atoms with van der Waals surface area (Å²) >= 11 is 5.27. The average molecular weight is 283 g/mol. The molecule has 0 aliphatic rings. The highest BCUT2D eigenvalue weighted by atomic mass is 32.1. The molecule has 2 heterocycles. The quantitative estimate of drug-likeness (QED) is 0.744. The molecule has 0 spiro atoms. The summed E-state index contributed by atoms with van der Waals surface area (Å²) in [6.07, 6.45) is 3.47. The van der Waals surface area contributed by atoms with Gasteiger partial charge < -0.3 is 4.74 Å². The first-order chi connectivity index (χ1) is 9.79. The van der Waals surface area contributed by atoms with Crippen LogP contribution in [0.4, 0.5) is 0 Å². The van der Waals surface area contributed by atoms with Gasteiger partial charge in [0.2, 0.25) is 0 Å². The Hall–Kier alpha value is -2.27. The Morgan fingerprint density at radius 1 is 1.20 bits per heavy atom. The van der Waals surface area contributed by atoms with Gasteiger partial charge in [0.15, 0.2) is 0 Å². The Labute approximate surface area is 121 Å². The Morgan fingerprint density at radius 2 is 2.00 bits per heavy atom. The highest BCUT2D eigenvalue weighted by Gasteiger charge is 2.08. The van der Waals surface area contributed by atoms with E-state index in [4.69, 9.17) is 17.0 Å². The minimum Gasteiger partial charge on any atom is -0.492 e. The second-order valence-electron chi connectivity index (χ2n) is 4.29. The van der Waals surface area contributed by atoms with E-state index < -0.39 is 0 Å². The fourth-order valence-electron chi connectivity index (χ4n) is 2.13. The molecule has 20 heavy (non-hydrogen) atoms. The number of H-pyrrole nitrogens is 1. The fraction of sp³-hybridized carbons (Fsp3) is 0.133. The molecule has 5 heteroatoms. The van der Waals surface area contributed by atoms with Gasteiger partial charge in [-0.3, -0.25) is 10.1 Å². The maximum Gasteiger partial charge on any atom is 0.138 e. The third kappa shape index (κ3) is 2.28. The molecule has 100 valence electrons. The average Bonchev–Trinajstić information content (AvgIpc) is 2.49. The molecule has 0 radical (unpaired) electrons. The van der Waals surface area contributed by atoms with Crippen molar-refractivity contribution in [3.63, 3.8) is 0 Å². The van der Waals surface area contributed by atoms with Gasteiger partial charge in [-0.2, -0.15) is 5.10 Å². The molecular formula is C15H13N3OS. The lowest BCUT2D eigenvalue weighted by molar-refractivity contribution is 0.339. The molecular weight excluding hydrogens is 270 g/mol. The molecule has 0 fully saturated rings. The Kier molecular flexibility index (Phi) is 3.43. The van der Waals surface area contributed by atoms with Crippen LogP contribution in [-0.2, 0) is 0 Å². The van der Waals surface area contributed by atoms with Crippen LogP contribution in [-0.4, -0.2) is 21.8 Å². The van der Waals surface area contributed by atoms with Crippen molar-refractivity contribution in [3.05, 3.63) is 47.4 Å². The molecule has 0 atom stereocenters. The van der Waals surface area contributed by atoms with Gasteiger partial charge in [-0.05, 0) is 13.0 Å². The molecule has 4 nitrogen and oxygen atoms in total. The summed E-state index contributed by atoms with van der Waals surface area (Å²) in [7, 11) is 0. The van der Waals surface area contributed by atoms with Crippen LogP contribution >= 0.6 is 12.2 Å². The van der Waals surface area contributed by atoms with Crippen molar-refractivity contribution < 1.29 is 4.74 Å². The standard InChI is InChI=1S/C15H13N3OS/c1-2-19-11-7-10(8-16-9-11)14-12-5-3-4-6-13(12)15(20)18-17-14/h3-9H,2H2,1H3,(H,18,20). The highest BCUT2D eigenvalue weighted by Crippen LogP contribution is 2.27. The van der Waals surface area contributed by atoms with Crippen LogP contribution < -0.4 is 4.74 Å². The summed E-state index contributed by atoms with van der Waals surface area (Å²) < 4.78 is 6.12. The van der Waals surface area contributed by atoms with E-state index in [1.54, 1.807) is 12.4 Å². The molecule has 0 aliphatic heterocycles. The van der Waals surface area contributed by atoms with Gasteiger partial charge in [0.25, 0.3) is 0 Å². The SMILES string of the molecule is CCOc1cncc(-c2n[nH]c(=S)c3ccccc23)c1. The van der Waals surface area contributed by atoms with Gasteiger partial charge in [0, 0.05) is 22.5 Å². The third-order valence-electron chi connectivity index (χ3n) is 2.99. The molecule has 0 saturated carbocycles. The fourth-order valence-corrected chi connectivity index (χ4v) is 2.35. The van der Waals surface area contributed by atoms with E-state index >= 15 is 0 Å². The van der Waals surface area contributed by atoms with Crippen LogP contribution in [0.3, 0.4) is 0 Å². The maximum absolute atomic E-state index is 5.48. The minimum atomic E-state index is 0.608. The van der Waals surface area contributed by atoms with Gasteiger partial charge in [-0.15, -0.1) is 0 Å². The predicted molar refractivity (Wildman–Crippen MR) is 81.3 cm³/mol. The number of aromatic nitrogens is 3. The zero-order valence-electron chi connectivity index (χ0n) is 11.0. The molecule has 0 unspecified atom stereocenters. The molecule has 3 aromatic rings. The normalized spacial score (nSPS) is 10.7. The van der Waals surface area contributed by atoms with Crippen LogP contribution in [0.25, 0.3) is 22.0 Å². The third-order valence-corrected chi connectivity index (χ3v) is 3.30. The zero-order valence-corrected chi connectivity index (χ0v) is 11.8. The van der Waals surface area contributed by atoms with E-state index in [0.717, 1.165) is 27.8 Å². The molecule has 0 amide bonds. The summed E-state index contributed by atoms with van der Waals surface area (Å²) in [5.74, 6) is 0.735. The maximum atomic E-state index is 5.48. The van der Waals surface area contributed by atoms with Crippen LogP contribution in [0, 0.1) is 4.64 Å². The number of hydrogen-bond donors (Lipinski definition) is 1. The van der Waals surface area contributed by atoms with E-state index in [2.05, 4.69) is 15.2 Å².